The molecule has 0 bridgehead atoms. The summed E-state index contributed by atoms with van der Waals surface area (Å²) in [6.07, 6.45) is 0. The van der Waals surface area contributed by atoms with Crippen LogP contribution in [0.4, 0.5) is 10.1 Å². The van der Waals surface area contributed by atoms with E-state index in [1.54, 1.807) is 61.1 Å². The van der Waals surface area contributed by atoms with E-state index >= 15 is 0 Å². The third-order valence-corrected chi connectivity index (χ3v) is 3.91. The highest BCUT2D eigenvalue weighted by molar-refractivity contribution is 6.03. The number of esters is 1. The van der Waals surface area contributed by atoms with Crippen molar-refractivity contribution >= 4 is 17.6 Å². The maximum Gasteiger partial charge on any atom is 0.338 e. The minimum Gasteiger partial charge on any atom is -0.462 e. The number of aryl methyl sites for hydroxylation is 1. The Morgan fingerprint density at radius 2 is 1.78 bits per heavy atom. The third-order valence-electron chi connectivity index (χ3n) is 3.91. The lowest BCUT2D eigenvalue weighted by Crippen LogP contribution is -2.13. The van der Waals surface area contributed by atoms with Gasteiger partial charge >= 0.3 is 5.97 Å². The van der Waals surface area contributed by atoms with Crippen molar-refractivity contribution in [1.82, 2.24) is 9.78 Å². The number of halogens is 1. The van der Waals surface area contributed by atoms with Gasteiger partial charge in [-0.05, 0) is 67.1 Å². The normalized spacial score (nSPS) is 10.5. The molecule has 0 spiro atoms. The molecule has 27 heavy (non-hydrogen) atoms. The molecule has 1 N–H and O–H groups in total. The highest BCUT2D eigenvalue weighted by atomic mass is 19.1. The number of hydrogen-bond acceptors (Lipinski definition) is 4. The van der Waals surface area contributed by atoms with Crippen LogP contribution >= 0.6 is 0 Å². The van der Waals surface area contributed by atoms with Gasteiger partial charge in [-0.3, -0.25) is 9.48 Å². The van der Waals surface area contributed by atoms with Crippen molar-refractivity contribution in [2.24, 2.45) is 7.05 Å². The Labute approximate surface area is 155 Å². The number of anilines is 1. The standard InChI is InChI=1S/C20H18FN3O3/c1-3-27-20(26)14-6-10-16(11-7-14)22-19(25)17-12-18(24(2)23-17)13-4-8-15(21)9-5-13/h4-12H,3H2,1-2H3,(H,22,25). The van der Waals surface area contributed by atoms with Crippen molar-refractivity contribution in [3.63, 3.8) is 0 Å². The number of ether oxygens (including phenoxy) is 1. The minimum atomic E-state index is -0.413. The lowest BCUT2D eigenvalue weighted by molar-refractivity contribution is 0.0526. The number of nitrogens with zero attached hydrogens (tertiary/aromatic N) is 2. The van der Waals surface area contributed by atoms with Gasteiger partial charge in [-0.2, -0.15) is 5.10 Å². The average Bonchev–Trinajstić information content (AvgIpc) is 3.05. The lowest BCUT2D eigenvalue weighted by atomic mass is 10.1. The molecule has 7 heteroatoms. The fourth-order valence-electron chi connectivity index (χ4n) is 2.57. The zero-order chi connectivity index (χ0) is 19.4. The van der Waals surface area contributed by atoms with Crippen LogP contribution in [-0.2, 0) is 11.8 Å². The minimum absolute atomic E-state index is 0.228. The van der Waals surface area contributed by atoms with Gasteiger partial charge in [0.2, 0.25) is 0 Å². The SMILES string of the molecule is CCOC(=O)c1ccc(NC(=O)c2cc(-c3ccc(F)cc3)n(C)n2)cc1. The first kappa shape index (κ1) is 18.3. The van der Waals surface area contributed by atoms with Crippen molar-refractivity contribution in [1.29, 1.82) is 0 Å². The maximum atomic E-state index is 13.1. The summed E-state index contributed by atoms with van der Waals surface area (Å²) in [5.41, 5.74) is 2.61. The van der Waals surface area contributed by atoms with Crippen LogP contribution in [0.25, 0.3) is 11.3 Å². The molecule has 138 valence electrons. The lowest BCUT2D eigenvalue weighted by Gasteiger charge is -2.05. The van der Waals surface area contributed by atoms with Crippen LogP contribution in [0.2, 0.25) is 0 Å². The molecular formula is C20H18FN3O3. The zero-order valence-corrected chi connectivity index (χ0v) is 14.9. The molecule has 0 radical (unpaired) electrons. The van der Waals surface area contributed by atoms with Crippen LogP contribution in [0.15, 0.2) is 54.6 Å². The van der Waals surface area contributed by atoms with Crippen molar-refractivity contribution in [2.75, 3.05) is 11.9 Å². The monoisotopic (exact) mass is 367 g/mol. The van der Waals surface area contributed by atoms with Crippen molar-refractivity contribution in [3.8, 4) is 11.3 Å². The molecule has 3 aromatic rings. The van der Waals surface area contributed by atoms with Gasteiger partial charge in [0, 0.05) is 12.7 Å². The Balaban J connectivity index is 1.74. The van der Waals surface area contributed by atoms with Gasteiger partial charge in [0.15, 0.2) is 5.69 Å². The summed E-state index contributed by atoms with van der Waals surface area (Å²) in [5.74, 6) is -1.13. The second-order valence-corrected chi connectivity index (χ2v) is 5.80. The van der Waals surface area contributed by atoms with Crippen molar-refractivity contribution in [2.45, 2.75) is 6.92 Å². The Bertz CT molecular complexity index is 963. The topological polar surface area (TPSA) is 73.2 Å². The summed E-state index contributed by atoms with van der Waals surface area (Å²) in [6, 6.07) is 14.0. The van der Waals surface area contributed by atoms with Crippen LogP contribution in [0.5, 0.6) is 0 Å². The molecule has 2 aromatic carbocycles. The largest absolute Gasteiger partial charge is 0.462 e. The second-order valence-electron chi connectivity index (χ2n) is 5.80. The number of benzene rings is 2. The predicted octanol–water partition coefficient (Wildman–Crippen LogP) is 3.66. The molecule has 1 aromatic heterocycles. The molecule has 0 aliphatic carbocycles. The van der Waals surface area contributed by atoms with Gasteiger partial charge in [-0.25, -0.2) is 9.18 Å². The molecule has 0 aliphatic rings. The molecule has 0 unspecified atom stereocenters. The molecule has 1 amide bonds. The second kappa shape index (κ2) is 7.82. The zero-order valence-electron chi connectivity index (χ0n) is 14.9. The number of nitrogens with one attached hydrogen (secondary N) is 1. The molecule has 0 saturated carbocycles. The predicted molar refractivity (Wildman–Crippen MR) is 99.0 cm³/mol. The van der Waals surface area contributed by atoms with Gasteiger partial charge in [0.25, 0.3) is 5.91 Å². The van der Waals surface area contributed by atoms with E-state index < -0.39 is 5.97 Å². The summed E-state index contributed by atoms with van der Waals surface area (Å²) in [5, 5.41) is 6.94. The highest BCUT2D eigenvalue weighted by Gasteiger charge is 2.15. The molecule has 3 rings (SSSR count). The fourth-order valence-corrected chi connectivity index (χ4v) is 2.57. The summed E-state index contributed by atoms with van der Waals surface area (Å²) in [7, 11) is 1.71. The van der Waals surface area contributed by atoms with Gasteiger partial charge in [-0.15, -0.1) is 0 Å². The van der Waals surface area contributed by atoms with E-state index in [2.05, 4.69) is 10.4 Å². The summed E-state index contributed by atoms with van der Waals surface area (Å²) >= 11 is 0. The molecular weight excluding hydrogens is 349 g/mol. The van der Waals surface area contributed by atoms with E-state index in [1.165, 1.54) is 12.1 Å². The molecule has 6 nitrogen and oxygen atoms in total. The molecule has 0 aliphatic heterocycles. The van der Waals surface area contributed by atoms with E-state index in [-0.39, 0.29) is 17.4 Å². The van der Waals surface area contributed by atoms with Gasteiger partial charge < -0.3 is 10.1 Å². The third kappa shape index (κ3) is 4.20. The molecule has 0 saturated heterocycles. The first-order chi connectivity index (χ1) is 13.0. The van der Waals surface area contributed by atoms with E-state index in [0.29, 0.717) is 23.6 Å². The molecule has 1 heterocycles. The highest BCUT2D eigenvalue weighted by Crippen LogP contribution is 2.21. The van der Waals surface area contributed by atoms with E-state index in [9.17, 15) is 14.0 Å². The first-order valence-corrected chi connectivity index (χ1v) is 8.36. The van der Waals surface area contributed by atoms with Crippen LogP contribution in [0, 0.1) is 5.82 Å². The Morgan fingerprint density at radius 3 is 2.41 bits per heavy atom. The average molecular weight is 367 g/mol. The Kier molecular flexibility index (Phi) is 5.30. The maximum absolute atomic E-state index is 13.1. The molecule has 0 fully saturated rings. The number of aromatic nitrogens is 2. The number of amides is 1. The molecule has 0 atom stereocenters. The van der Waals surface area contributed by atoms with Crippen LogP contribution in [0.1, 0.15) is 27.8 Å². The fraction of sp³-hybridized carbons (Fsp3) is 0.150. The summed E-state index contributed by atoms with van der Waals surface area (Å²) in [6.45, 7) is 2.03. The quantitative estimate of drug-likeness (QED) is 0.699. The number of carbonyl (C=O) groups excluding carboxylic acids is 2. The number of hydrogen-bond donors (Lipinski definition) is 1. The first-order valence-electron chi connectivity index (χ1n) is 8.36. The number of carbonyl (C=O) groups is 2. The van der Waals surface area contributed by atoms with Gasteiger partial charge in [0.05, 0.1) is 17.9 Å². The van der Waals surface area contributed by atoms with Crippen molar-refractivity contribution in [3.05, 3.63) is 71.7 Å². The van der Waals surface area contributed by atoms with Crippen LogP contribution in [0.3, 0.4) is 0 Å². The van der Waals surface area contributed by atoms with Crippen LogP contribution in [-0.4, -0.2) is 28.3 Å². The Morgan fingerprint density at radius 1 is 1.11 bits per heavy atom. The smallest absolute Gasteiger partial charge is 0.338 e. The summed E-state index contributed by atoms with van der Waals surface area (Å²) in [4.78, 5) is 24.1. The van der Waals surface area contributed by atoms with E-state index in [1.807, 2.05) is 0 Å². The summed E-state index contributed by atoms with van der Waals surface area (Å²) < 4.78 is 19.6. The van der Waals surface area contributed by atoms with E-state index in [4.69, 9.17) is 4.74 Å². The Hall–Kier alpha value is -3.48. The van der Waals surface area contributed by atoms with Crippen molar-refractivity contribution < 1.29 is 18.7 Å². The van der Waals surface area contributed by atoms with Crippen LogP contribution < -0.4 is 5.32 Å². The van der Waals surface area contributed by atoms with Gasteiger partial charge in [-0.1, -0.05) is 0 Å². The van der Waals surface area contributed by atoms with E-state index in [0.717, 1.165) is 5.56 Å². The number of rotatable bonds is 5. The van der Waals surface area contributed by atoms with Gasteiger partial charge in [0.1, 0.15) is 5.82 Å².